The van der Waals surface area contributed by atoms with E-state index in [4.69, 9.17) is 0 Å². The van der Waals surface area contributed by atoms with Gasteiger partial charge in [-0.25, -0.2) is 0 Å². The van der Waals surface area contributed by atoms with E-state index in [-0.39, 0.29) is 34.8 Å². The van der Waals surface area contributed by atoms with Gasteiger partial charge >= 0.3 is 5.97 Å². The lowest BCUT2D eigenvalue weighted by Gasteiger charge is -2.08. The average Bonchev–Trinajstić information content (AvgIpc) is 2.15. The van der Waals surface area contributed by atoms with Crippen molar-refractivity contribution in [3.8, 4) is 11.5 Å². The summed E-state index contributed by atoms with van der Waals surface area (Å²) in [6.45, 7) is 1.27. The van der Waals surface area contributed by atoms with Gasteiger partial charge in [0.25, 0.3) is 0 Å². The van der Waals surface area contributed by atoms with Crippen molar-refractivity contribution in [2.75, 3.05) is 7.11 Å². The number of benzene rings is 1. The molecule has 0 aliphatic rings. The molecule has 0 aliphatic carbocycles. The van der Waals surface area contributed by atoms with Crippen LogP contribution in [0.15, 0.2) is 12.1 Å². The molecule has 0 heterocycles. The molecule has 16 heavy (non-hydrogen) atoms. The molecule has 1 aromatic carbocycles. The number of aromatic hydroxyl groups is 2. The highest BCUT2D eigenvalue weighted by Crippen LogP contribution is 2.28. The van der Waals surface area contributed by atoms with Crippen LogP contribution in [0.1, 0.15) is 22.8 Å². The summed E-state index contributed by atoms with van der Waals surface area (Å²) in [6.07, 6.45) is -0.173. The Bertz CT molecular complexity index is 436. The van der Waals surface area contributed by atoms with Crippen LogP contribution in [0.3, 0.4) is 0 Å². The molecule has 5 heteroatoms. The summed E-state index contributed by atoms with van der Waals surface area (Å²) in [7, 11) is 1.22. The van der Waals surface area contributed by atoms with E-state index >= 15 is 0 Å². The normalized spacial score (nSPS) is 9.88. The van der Waals surface area contributed by atoms with Crippen LogP contribution in [-0.4, -0.2) is 29.1 Å². The van der Waals surface area contributed by atoms with Crippen molar-refractivity contribution >= 4 is 11.8 Å². The zero-order valence-corrected chi connectivity index (χ0v) is 8.98. The van der Waals surface area contributed by atoms with Gasteiger partial charge < -0.3 is 14.9 Å². The minimum atomic E-state index is -0.549. The fourth-order valence-electron chi connectivity index (χ4n) is 1.44. The van der Waals surface area contributed by atoms with Gasteiger partial charge in [0.1, 0.15) is 11.5 Å². The molecule has 1 rings (SSSR count). The summed E-state index contributed by atoms with van der Waals surface area (Å²) in [6, 6.07) is 2.31. The van der Waals surface area contributed by atoms with Crippen molar-refractivity contribution < 1.29 is 24.5 Å². The Hall–Kier alpha value is -2.04. The van der Waals surface area contributed by atoms with Gasteiger partial charge in [-0.05, 0) is 18.6 Å². The first-order valence-corrected chi connectivity index (χ1v) is 4.58. The van der Waals surface area contributed by atoms with Crippen molar-refractivity contribution in [3.63, 3.8) is 0 Å². The molecule has 0 amide bonds. The summed E-state index contributed by atoms with van der Waals surface area (Å²) in [4.78, 5) is 22.4. The van der Waals surface area contributed by atoms with E-state index in [2.05, 4.69) is 4.74 Å². The van der Waals surface area contributed by atoms with Gasteiger partial charge in [0, 0.05) is 6.07 Å². The smallest absolute Gasteiger partial charge is 0.310 e. The highest BCUT2D eigenvalue weighted by Gasteiger charge is 2.17. The lowest BCUT2D eigenvalue weighted by Crippen LogP contribution is -2.09. The van der Waals surface area contributed by atoms with E-state index in [1.807, 2.05) is 0 Å². The summed E-state index contributed by atoms with van der Waals surface area (Å²) < 4.78 is 4.46. The fraction of sp³-hybridized carbons (Fsp3) is 0.273. The Morgan fingerprint density at radius 2 is 2.12 bits per heavy atom. The van der Waals surface area contributed by atoms with Crippen molar-refractivity contribution in [1.29, 1.82) is 0 Å². The van der Waals surface area contributed by atoms with Gasteiger partial charge in [0.15, 0.2) is 5.78 Å². The Balaban J connectivity index is 3.24. The molecule has 1 aromatic rings. The predicted molar refractivity (Wildman–Crippen MR) is 55.5 cm³/mol. The maximum Gasteiger partial charge on any atom is 0.310 e. The quantitative estimate of drug-likeness (QED) is 0.596. The first-order chi connectivity index (χ1) is 7.45. The standard InChI is InChI=1S/C11H12O5/c1-6(12)11-7(4-10(15)16-2)3-8(13)5-9(11)14/h3,5,13-14H,4H2,1-2H3/i1+2,6+2. The predicted octanol–water partition coefficient (Wildman–Crippen LogP) is 1.02. The zero-order valence-electron chi connectivity index (χ0n) is 8.98. The van der Waals surface area contributed by atoms with Gasteiger partial charge in [0.05, 0.1) is 19.1 Å². The number of ether oxygens (including phenoxy) is 1. The van der Waals surface area contributed by atoms with Crippen LogP contribution in [0.4, 0.5) is 0 Å². The maximum atomic E-state index is 11.3. The summed E-state index contributed by atoms with van der Waals surface area (Å²) in [5, 5.41) is 18.8. The van der Waals surface area contributed by atoms with Crippen molar-refractivity contribution in [2.45, 2.75) is 13.3 Å². The molecule has 5 nitrogen and oxygen atoms in total. The van der Waals surface area contributed by atoms with Crippen LogP contribution in [0.25, 0.3) is 0 Å². The molecular formula is C11H12O5. The second-order valence-electron chi connectivity index (χ2n) is 3.31. The highest BCUT2D eigenvalue weighted by atomic mass is 16.5. The maximum absolute atomic E-state index is 11.3. The summed E-state index contributed by atoms with van der Waals surface area (Å²) in [5.41, 5.74) is 0.278. The van der Waals surface area contributed by atoms with Crippen LogP contribution in [0.5, 0.6) is 11.5 Å². The number of methoxy groups -OCH3 is 1. The molecule has 0 saturated carbocycles. The SMILES string of the molecule is COC(=O)Cc1cc(O)cc(O)c1[14C]([14CH3])=O. The van der Waals surface area contributed by atoms with E-state index in [9.17, 15) is 19.8 Å². The highest BCUT2D eigenvalue weighted by molar-refractivity contribution is 5.99. The van der Waals surface area contributed by atoms with Crippen LogP contribution < -0.4 is 0 Å². The van der Waals surface area contributed by atoms with E-state index < -0.39 is 5.97 Å². The lowest BCUT2D eigenvalue weighted by atomic mass is 10.1. The molecule has 0 aliphatic heterocycles. The first kappa shape index (κ1) is 12.0. The fourth-order valence-corrected chi connectivity index (χ4v) is 1.44. The number of phenolic OH excluding ortho intramolecular Hbond substituents is 2. The molecule has 0 unspecified atom stereocenters. The summed E-state index contributed by atoms with van der Waals surface area (Å²) >= 11 is 0. The molecule has 0 aromatic heterocycles. The molecular weight excluding hydrogens is 216 g/mol. The summed E-state index contributed by atoms with van der Waals surface area (Å²) in [5.74, 6) is -1.48. The van der Waals surface area contributed by atoms with Gasteiger partial charge in [0.2, 0.25) is 0 Å². The number of Topliss-reactive ketones (excluding diaryl/α,β-unsaturated/α-hetero) is 1. The largest absolute Gasteiger partial charge is 0.508 e. The average molecular weight is 228 g/mol. The van der Waals surface area contributed by atoms with E-state index in [0.29, 0.717) is 0 Å². The van der Waals surface area contributed by atoms with Crippen LogP contribution in [0.2, 0.25) is 0 Å². The molecule has 0 radical (unpaired) electrons. The lowest BCUT2D eigenvalue weighted by molar-refractivity contribution is -0.139. The van der Waals surface area contributed by atoms with Gasteiger partial charge in [-0.2, -0.15) is 0 Å². The number of rotatable bonds is 3. The Morgan fingerprint density at radius 3 is 2.62 bits per heavy atom. The molecule has 0 atom stereocenters. The van der Waals surface area contributed by atoms with Crippen LogP contribution in [-0.2, 0) is 16.0 Å². The number of carbonyl (C=O) groups excluding carboxylic acids is 2. The van der Waals surface area contributed by atoms with E-state index in [1.165, 1.54) is 20.1 Å². The topological polar surface area (TPSA) is 83.8 Å². The molecule has 0 fully saturated rings. The number of esters is 1. The molecule has 0 spiro atoms. The monoisotopic (exact) mass is 228 g/mol. The number of carbonyl (C=O) groups is 2. The van der Waals surface area contributed by atoms with Gasteiger partial charge in [-0.15, -0.1) is 0 Å². The number of phenols is 2. The molecule has 2 N–H and O–H groups in total. The Labute approximate surface area is 92.3 Å². The van der Waals surface area contributed by atoms with Crippen LogP contribution >= 0.6 is 0 Å². The number of hydrogen-bond acceptors (Lipinski definition) is 5. The third kappa shape index (κ3) is 2.50. The van der Waals surface area contributed by atoms with Crippen LogP contribution in [0, 0.1) is 0 Å². The van der Waals surface area contributed by atoms with Gasteiger partial charge in [-0.1, -0.05) is 0 Å². The second kappa shape index (κ2) is 4.65. The third-order valence-electron chi connectivity index (χ3n) is 2.10. The minimum Gasteiger partial charge on any atom is -0.508 e. The van der Waals surface area contributed by atoms with E-state index in [1.54, 1.807) is 0 Å². The minimum absolute atomic E-state index is 0.0307. The number of ketones is 1. The first-order valence-electron chi connectivity index (χ1n) is 4.58. The van der Waals surface area contributed by atoms with Crippen molar-refractivity contribution in [3.05, 3.63) is 23.3 Å². The number of hydrogen-bond donors (Lipinski definition) is 2. The Morgan fingerprint density at radius 1 is 1.50 bits per heavy atom. The van der Waals surface area contributed by atoms with Crippen molar-refractivity contribution in [1.82, 2.24) is 0 Å². The Kier molecular flexibility index (Phi) is 3.50. The second-order valence-corrected chi connectivity index (χ2v) is 3.31. The van der Waals surface area contributed by atoms with Gasteiger partial charge in [-0.3, -0.25) is 9.59 Å². The third-order valence-corrected chi connectivity index (χ3v) is 2.10. The molecule has 86 valence electrons. The van der Waals surface area contributed by atoms with E-state index in [0.717, 1.165) is 6.07 Å². The molecule has 0 saturated heterocycles. The zero-order chi connectivity index (χ0) is 12.3. The van der Waals surface area contributed by atoms with Crippen molar-refractivity contribution in [2.24, 2.45) is 0 Å². The molecule has 0 bridgehead atoms.